The highest BCUT2D eigenvalue weighted by Crippen LogP contribution is 2.19. The van der Waals surface area contributed by atoms with Gasteiger partial charge >= 0.3 is 6.09 Å². The largest absolute Gasteiger partial charge is 0.444 e. The van der Waals surface area contributed by atoms with Crippen LogP contribution >= 0.6 is 0 Å². The van der Waals surface area contributed by atoms with E-state index in [0.29, 0.717) is 6.04 Å². The molecule has 2 aliphatic heterocycles. The fourth-order valence-electron chi connectivity index (χ4n) is 2.55. The van der Waals surface area contributed by atoms with Crippen molar-refractivity contribution in [2.75, 3.05) is 26.2 Å². The molecule has 0 aliphatic carbocycles. The number of nitrogens with zero attached hydrogens (tertiary/aromatic N) is 1. The fraction of sp³-hybridized carbons (Fsp3) is 0.923. The molecule has 2 saturated heterocycles. The summed E-state index contributed by atoms with van der Waals surface area (Å²) in [5.41, 5.74) is -0.414. The number of rotatable bonds is 2. The molecule has 2 fully saturated rings. The Balaban J connectivity index is 1.65. The Bertz CT molecular complexity index is 289. The standard InChI is InChI=1S/C13H25N3O2/c1-13(2,3)18-12(17)15-10-8-16(9-10)11-4-6-14-7-5-11/h10-11,14H,4-9H2,1-3H3,(H,15,17). The molecule has 5 nitrogen and oxygen atoms in total. The molecule has 18 heavy (non-hydrogen) atoms. The lowest BCUT2D eigenvalue weighted by atomic mass is 9.98. The second kappa shape index (κ2) is 5.45. The zero-order valence-electron chi connectivity index (χ0n) is 11.7. The van der Waals surface area contributed by atoms with Gasteiger partial charge in [-0.05, 0) is 46.7 Å². The Morgan fingerprint density at radius 2 is 1.89 bits per heavy atom. The quantitative estimate of drug-likeness (QED) is 0.771. The monoisotopic (exact) mass is 255 g/mol. The summed E-state index contributed by atoms with van der Waals surface area (Å²) in [5.74, 6) is 0. The van der Waals surface area contributed by atoms with Crippen molar-refractivity contribution in [3.8, 4) is 0 Å². The van der Waals surface area contributed by atoms with E-state index in [-0.39, 0.29) is 12.1 Å². The van der Waals surface area contributed by atoms with E-state index in [0.717, 1.165) is 26.2 Å². The van der Waals surface area contributed by atoms with E-state index in [1.807, 2.05) is 20.8 Å². The first-order chi connectivity index (χ1) is 8.44. The van der Waals surface area contributed by atoms with Crippen LogP contribution in [0.5, 0.6) is 0 Å². The third-order valence-electron chi connectivity index (χ3n) is 3.46. The molecule has 2 N–H and O–H groups in total. The number of piperidine rings is 1. The average molecular weight is 255 g/mol. The Morgan fingerprint density at radius 3 is 2.44 bits per heavy atom. The van der Waals surface area contributed by atoms with Crippen LogP contribution in [0.15, 0.2) is 0 Å². The van der Waals surface area contributed by atoms with Crippen LogP contribution in [-0.2, 0) is 4.74 Å². The number of hydrogen-bond acceptors (Lipinski definition) is 4. The van der Waals surface area contributed by atoms with Gasteiger partial charge in [0, 0.05) is 19.1 Å². The summed E-state index contributed by atoms with van der Waals surface area (Å²) in [5, 5.41) is 6.29. The molecule has 0 radical (unpaired) electrons. The molecule has 104 valence electrons. The van der Waals surface area contributed by atoms with E-state index in [2.05, 4.69) is 15.5 Å². The molecule has 0 spiro atoms. The van der Waals surface area contributed by atoms with Gasteiger partial charge in [0.05, 0.1) is 6.04 Å². The lowest BCUT2D eigenvalue weighted by Crippen LogP contribution is -2.63. The summed E-state index contributed by atoms with van der Waals surface area (Å²) >= 11 is 0. The van der Waals surface area contributed by atoms with Crippen LogP contribution in [0.1, 0.15) is 33.6 Å². The number of likely N-dealkylation sites (tertiary alicyclic amines) is 1. The zero-order chi connectivity index (χ0) is 13.2. The van der Waals surface area contributed by atoms with Crippen LogP contribution in [0.4, 0.5) is 4.79 Å². The topological polar surface area (TPSA) is 53.6 Å². The predicted molar refractivity (Wildman–Crippen MR) is 70.6 cm³/mol. The van der Waals surface area contributed by atoms with Crippen LogP contribution in [0, 0.1) is 0 Å². The number of nitrogens with one attached hydrogen (secondary N) is 2. The minimum Gasteiger partial charge on any atom is -0.444 e. The average Bonchev–Trinajstić information content (AvgIpc) is 2.21. The van der Waals surface area contributed by atoms with Gasteiger partial charge in [0.1, 0.15) is 5.60 Å². The first-order valence-corrected chi connectivity index (χ1v) is 6.88. The summed E-state index contributed by atoms with van der Waals surface area (Å²) in [6, 6.07) is 0.956. The van der Waals surface area contributed by atoms with Gasteiger partial charge in [-0.15, -0.1) is 0 Å². The molecule has 0 aromatic heterocycles. The Hall–Kier alpha value is -0.810. The van der Waals surface area contributed by atoms with Gasteiger partial charge in [-0.1, -0.05) is 0 Å². The number of ether oxygens (including phenoxy) is 1. The van der Waals surface area contributed by atoms with Crippen LogP contribution < -0.4 is 10.6 Å². The highest BCUT2D eigenvalue weighted by molar-refractivity contribution is 5.68. The van der Waals surface area contributed by atoms with Crippen LogP contribution in [0.3, 0.4) is 0 Å². The maximum atomic E-state index is 11.6. The van der Waals surface area contributed by atoms with Crippen molar-refractivity contribution >= 4 is 6.09 Å². The van der Waals surface area contributed by atoms with Crippen LogP contribution in [-0.4, -0.2) is 54.9 Å². The summed E-state index contributed by atoms with van der Waals surface area (Å²) in [6.07, 6.45) is 2.15. The molecule has 0 aromatic carbocycles. The molecule has 2 heterocycles. The van der Waals surface area contributed by atoms with Crippen molar-refractivity contribution in [1.82, 2.24) is 15.5 Å². The van der Waals surface area contributed by atoms with Crippen molar-refractivity contribution in [3.05, 3.63) is 0 Å². The van der Waals surface area contributed by atoms with Crippen molar-refractivity contribution < 1.29 is 9.53 Å². The summed E-state index contributed by atoms with van der Waals surface area (Å²) in [4.78, 5) is 14.0. The Morgan fingerprint density at radius 1 is 1.28 bits per heavy atom. The van der Waals surface area contributed by atoms with Crippen molar-refractivity contribution in [3.63, 3.8) is 0 Å². The van der Waals surface area contributed by atoms with Crippen LogP contribution in [0.2, 0.25) is 0 Å². The van der Waals surface area contributed by atoms with E-state index in [1.54, 1.807) is 0 Å². The lowest BCUT2D eigenvalue weighted by molar-refractivity contribution is 0.0277. The minimum absolute atomic E-state index is 0.259. The first kappa shape index (κ1) is 13.6. The summed E-state index contributed by atoms with van der Waals surface area (Å²) < 4.78 is 5.25. The summed E-state index contributed by atoms with van der Waals surface area (Å²) in [6.45, 7) is 9.81. The maximum Gasteiger partial charge on any atom is 0.407 e. The van der Waals surface area contributed by atoms with E-state index in [4.69, 9.17) is 4.74 Å². The van der Waals surface area contributed by atoms with Gasteiger partial charge in [0.2, 0.25) is 0 Å². The molecule has 0 saturated carbocycles. The van der Waals surface area contributed by atoms with E-state index < -0.39 is 5.60 Å². The van der Waals surface area contributed by atoms with Crippen molar-refractivity contribution in [2.45, 2.75) is 51.3 Å². The van der Waals surface area contributed by atoms with Gasteiger partial charge in [-0.3, -0.25) is 4.90 Å². The number of amides is 1. The zero-order valence-corrected chi connectivity index (χ0v) is 11.7. The number of carbonyl (C=O) groups excluding carboxylic acids is 1. The van der Waals surface area contributed by atoms with Crippen molar-refractivity contribution in [1.29, 1.82) is 0 Å². The Labute approximate surface area is 109 Å². The molecule has 2 rings (SSSR count). The fourth-order valence-corrected chi connectivity index (χ4v) is 2.55. The van der Waals surface area contributed by atoms with E-state index in [9.17, 15) is 4.79 Å². The normalized spacial score (nSPS) is 23.5. The molecule has 1 amide bonds. The van der Waals surface area contributed by atoms with Gasteiger partial charge in [-0.2, -0.15) is 0 Å². The van der Waals surface area contributed by atoms with E-state index in [1.165, 1.54) is 12.8 Å². The number of carbonyl (C=O) groups is 1. The first-order valence-electron chi connectivity index (χ1n) is 6.88. The maximum absolute atomic E-state index is 11.6. The third kappa shape index (κ3) is 3.85. The number of hydrogen-bond donors (Lipinski definition) is 2. The van der Waals surface area contributed by atoms with Gasteiger partial charge in [0.15, 0.2) is 0 Å². The second-order valence-electron chi connectivity index (χ2n) is 6.28. The van der Waals surface area contributed by atoms with Crippen molar-refractivity contribution in [2.24, 2.45) is 0 Å². The predicted octanol–water partition coefficient (Wildman–Crippen LogP) is 0.947. The molecule has 0 bridgehead atoms. The third-order valence-corrected chi connectivity index (χ3v) is 3.46. The molecular formula is C13H25N3O2. The molecule has 5 heteroatoms. The van der Waals surface area contributed by atoms with Gasteiger partial charge in [0.25, 0.3) is 0 Å². The molecule has 0 unspecified atom stereocenters. The highest BCUT2D eigenvalue weighted by atomic mass is 16.6. The SMILES string of the molecule is CC(C)(C)OC(=O)NC1CN(C2CCNCC2)C1. The summed E-state index contributed by atoms with van der Waals surface area (Å²) in [7, 11) is 0. The molecule has 0 atom stereocenters. The smallest absolute Gasteiger partial charge is 0.407 e. The van der Waals surface area contributed by atoms with Gasteiger partial charge < -0.3 is 15.4 Å². The molecule has 0 aromatic rings. The van der Waals surface area contributed by atoms with E-state index >= 15 is 0 Å². The molecular weight excluding hydrogens is 230 g/mol. The van der Waals surface area contributed by atoms with Crippen LogP contribution in [0.25, 0.3) is 0 Å². The van der Waals surface area contributed by atoms with Gasteiger partial charge in [-0.25, -0.2) is 4.79 Å². The second-order valence-corrected chi connectivity index (χ2v) is 6.28. The molecule has 2 aliphatic rings. The highest BCUT2D eigenvalue weighted by Gasteiger charge is 2.34. The number of alkyl carbamates (subject to hydrolysis) is 1. The Kier molecular flexibility index (Phi) is 4.12. The minimum atomic E-state index is -0.414. The lowest BCUT2D eigenvalue weighted by Gasteiger charge is -2.45.